The highest BCUT2D eigenvalue weighted by Crippen LogP contribution is 2.03. The van der Waals surface area contributed by atoms with Crippen LogP contribution < -0.4 is 5.32 Å². The fourth-order valence-corrected chi connectivity index (χ4v) is 0.710. The normalized spacial score (nSPS) is 9.36. The molecule has 2 heteroatoms. The molecule has 0 amide bonds. The smallest absolute Gasteiger partial charge is 0.0927 e. The molecule has 2 nitrogen and oxygen atoms in total. The number of rotatable bonds is 2. The lowest BCUT2D eigenvalue weighted by Crippen LogP contribution is -1.84. The fraction of sp³-hybridized carbons (Fsp3) is 0. The highest BCUT2D eigenvalue weighted by molar-refractivity contribution is 5.45. The van der Waals surface area contributed by atoms with E-state index in [2.05, 4.69) is 5.32 Å². The lowest BCUT2D eigenvalue weighted by atomic mass is 10.3. The molecule has 0 saturated carbocycles. The molecule has 0 aromatic heterocycles. The van der Waals surface area contributed by atoms with Crippen molar-refractivity contribution in [2.45, 2.75) is 0 Å². The molecule has 0 radical (unpaired) electrons. The van der Waals surface area contributed by atoms with Gasteiger partial charge in [0.25, 0.3) is 0 Å². The minimum Gasteiger partial charge on any atom is -0.361 e. The first-order valence-corrected chi connectivity index (χ1v) is 3.29. The summed E-state index contributed by atoms with van der Waals surface area (Å²) < 4.78 is 0. The van der Waals surface area contributed by atoms with Gasteiger partial charge in [-0.15, -0.1) is 0 Å². The molecule has 0 aliphatic heterocycles. The zero-order valence-electron chi connectivity index (χ0n) is 5.99. The molecular weight excluding hydrogens is 136 g/mol. The molecule has 0 aliphatic carbocycles. The fourth-order valence-electron chi connectivity index (χ4n) is 0.710. The molecule has 0 unspecified atom stereocenters. The molecule has 0 heterocycles. The van der Waals surface area contributed by atoms with E-state index in [0.717, 1.165) is 5.69 Å². The van der Waals surface area contributed by atoms with Crippen molar-refractivity contribution in [2.24, 2.45) is 0 Å². The second-order valence-electron chi connectivity index (χ2n) is 1.97. The topological polar surface area (TPSA) is 35.8 Å². The van der Waals surface area contributed by atoms with Crippen LogP contribution in [0.2, 0.25) is 0 Å². The maximum atomic E-state index is 8.17. The van der Waals surface area contributed by atoms with Crippen molar-refractivity contribution in [2.75, 3.05) is 5.32 Å². The van der Waals surface area contributed by atoms with Gasteiger partial charge in [-0.1, -0.05) is 18.2 Å². The second kappa shape index (κ2) is 4.13. The Morgan fingerprint density at radius 3 is 2.64 bits per heavy atom. The van der Waals surface area contributed by atoms with Gasteiger partial charge in [0.15, 0.2) is 0 Å². The van der Waals surface area contributed by atoms with Gasteiger partial charge in [0.05, 0.1) is 6.07 Å². The standard InChI is InChI=1S/C9H8N2/c10-7-4-8-11-9-5-2-1-3-6-9/h1-6,8,11H/b8-4+. The van der Waals surface area contributed by atoms with Crippen LogP contribution in [0.4, 0.5) is 5.69 Å². The minimum atomic E-state index is 0.985. The van der Waals surface area contributed by atoms with E-state index in [9.17, 15) is 0 Å². The summed E-state index contributed by atoms with van der Waals surface area (Å²) >= 11 is 0. The largest absolute Gasteiger partial charge is 0.361 e. The lowest BCUT2D eigenvalue weighted by molar-refractivity contribution is 1.52. The summed E-state index contributed by atoms with van der Waals surface area (Å²) in [5, 5.41) is 11.1. The summed E-state index contributed by atoms with van der Waals surface area (Å²) in [4.78, 5) is 0. The van der Waals surface area contributed by atoms with Crippen molar-refractivity contribution < 1.29 is 0 Å². The molecule has 0 aliphatic rings. The molecule has 11 heavy (non-hydrogen) atoms. The summed E-state index contributed by atoms with van der Waals surface area (Å²) in [6.45, 7) is 0. The highest BCUT2D eigenvalue weighted by atomic mass is 14.8. The lowest BCUT2D eigenvalue weighted by Gasteiger charge is -1.96. The number of nitrogens with zero attached hydrogens (tertiary/aromatic N) is 1. The van der Waals surface area contributed by atoms with Gasteiger partial charge in [-0.05, 0) is 12.1 Å². The van der Waals surface area contributed by atoms with Gasteiger partial charge in [-0.3, -0.25) is 0 Å². The Kier molecular flexibility index (Phi) is 2.76. The molecule has 0 saturated heterocycles. The highest BCUT2D eigenvalue weighted by Gasteiger charge is 1.81. The van der Waals surface area contributed by atoms with Crippen LogP contribution in [-0.2, 0) is 0 Å². The monoisotopic (exact) mass is 144 g/mol. The van der Waals surface area contributed by atoms with Crippen molar-refractivity contribution in [1.29, 1.82) is 5.26 Å². The Hall–Kier alpha value is -1.75. The number of nitrogens with one attached hydrogen (secondary N) is 1. The summed E-state index contributed by atoms with van der Waals surface area (Å²) in [6, 6.07) is 11.6. The zero-order valence-corrected chi connectivity index (χ0v) is 5.99. The predicted octanol–water partition coefficient (Wildman–Crippen LogP) is 2.14. The van der Waals surface area contributed by atoms with Gasteiger partial charge in [-0.25, -0.2) is 0 Å². The Bertz CT molecular complexity index is 269. The number of hydrogen-bond acceptors (Lipinski definition) is 2. The summed E-state index contributed by atoms with van der Waals surface area (Å²) in [5.41, 5.74) is 0.985. The predicted molar refractivity (Wildman–Crippen MR) is 44.8 cm³/mol. The molecule has 1 rings (SSSR count). The number of allylic oxidation sites excluding steroid dienone is 1. The molecule has 0 spiro atoms. The summed E-state index contributed by atoms with van der Waals surface area (Å²) in [6.07, 6.45) is 3.00. The Labute approximate surface area is 65.8 Å². The van der Waals surface area contributed by atoms with E-state index in [4.69, 9.17) is 5.26 Å². The minimum absolute atomic E-state index is 0.985. The van der Waals surface area contributed by atoms with Gasteiger partial charge in [0.1, 0.15) is 0 Å². The first-order valence-electron chi connectivity index (χ1n) is 3.29. The van der Waals surface area contributed by atoms with Crippen LogP contribution in [0.15, 0.2) is 42.6 Å². The summed E-state index contributed by atoms with van der Waals surface area (Å²) in [5.74, 6) is 0. The molecular formula is C9H8N2. The van der Waals surface area contributed by atoms with Gasteiger partial charge >= 0.3 is 0 Å². The third-order valence-electron chi connectivity index (χ3n) is 1.18. The third-order valence-corrected chi connectivity index (χ3v) is 1.18. The average Bonchev–Trinajstić information content (AvgIpc) is 2.07. The van der Waals surface area contributed by atoms with Gasteiger partial charge < -0.3 is 5.32 Å². The van der Waals surface area contributed by atoms with Crippen molar-refractivity contribution in [3.05, 3.63) is 42.6 Å². The van der Waals surface area contributed by atoms with Crippen LogP contribution in [0.5, 0.6) is 0 Å². The van der Waals surface area contributed by atoms with Crippen LogP contribution in [0, 0.1) is 11.3 Å². The molecule has 54 valence electrons. The van der Waals surface area contributed by atoms with Crippen LogP contribution >= 0.6 is 0 Å². The number of hydrogen-bond donors (Lipinski definition) is 1. The van der Waals surface area contributed by atoms with E-state index in [0.29, 0.717) is 0 Å². The van der Waals surface area contributed by atoms with Crippen LogP contribution in [-0.4, -0.2) is 0 Å². The van der Waals surface area contributed by atoms with Gasteiger partial charge in [-0.2, -0.15) is 5.26 Å². The van der Waals surface area contributed by atoms with E-state index in [1.807, 2.05) is 36.4 Å². The SMILES string of the molecule is N#C/C=C/Nc1ccccc1. The molecule has 1 N–H and O–H groups in total. The van der Waals surface area contributed by atoms with Crippen molar-refractivity contribution >= 4 is 5.69 Å². The number of anilines is 1. The number of nitriles is 1. The van der Waals surface area contributed by atoms with E-state index >= 15 is 0 Å². The van der Waals surface area contributed by atoms with Crippen LogP contribution in [0.1, 0.15) is 0 Å². The van der Waals surface area contributed by atoms with Gasteiger partial charge in [0, 0.05) is 18.0 Å². The Balaban J connectivity index is 2.53. The third kappa shape index (κ3) is 2.55. The maximum Gasteiger partial charge on any atom is 0.0927 e. The van der Waals surface area contributed by atoms with Crippen molar-refractivity contribution in [1.82, 2.24) is 0 Å². The van der Waals surface area contributed by atoms with Crippen molar-refractivity contribution in [3.8, 4) is 6.07 Å². The first-order chi connectivity index (χ1) is 5.43. The molecule has 0 fully saturated rings. The molecule has 0 atom stereocenters. The zero-order chi connectivity index (χ0) is 7.94. The van der Waals surface area contributed by atoms with E-state index in [1.165, 1.54) is 6.08 Å². The number of benzene rings is 1. The first kappa shape index (κ1) is 7.36. The maximum absolute atomic E-state index is 8.17. The van der Waals surface area contributed by atoms with E-state index in [-0.39, 0.29) is 0 Å². The average molecular weight is 144 g/mol. The molecule has 0 bridgehead atoms. The van der Waals surface area contributed by atoms with Crippen LogP contribution in [0.3, 0.4) is 0 Å². The van der Waals surface area contributed by atoms with Crippen molar-refractivity contribution in [3.63, 3.8) is 0 Å². The Morgan fingerprint density at radius 1 is 1.27 bits per heavy atom. The van der Waals surface area contributed by atoms with Crippen LogP contribution in [0.25, 0.3) is 0 Å². The van der Waals surface area contributed by atoms with Gasteiger partial charge in [0.2, 0.25) is 0 Å². The molecule has 1 aromatic rings. The quantitative estimate of drug-likeness (QED) is 0.645. The number of para-hydroxylation sites is 1. The Morgan fingerprint density at radius 2 is 2.00 bits per heavy atom. The van der Waals surface area contributed by atoms with E-state index < -0.39 is 0 Å². The van der Waals surface area contributed by atoms with E-state index in [1.54, 1.807) is 6.20 Å². The molecule has 1 aromatic carbocycles. The second-order valence-corrected chi connectivity index (χ2v) is 1.97. The summed E-state index contributed by atoms with van der Waals surface area (Å²) in [7, 11) is 0.